The maximum Gasteiger partial charge on any atom is 0.251 e. The minimum atomic E-state index is -0.268. The third-order valence-electron chi connectivity index (χ3n) is 3.24. The van der Waals surface area contributed by atoms with Crippen LogP contribution in [-0.2, 0) is 6.54 Å². The van der Waals surface area contributed by atoms with Gasteiger partial charge < -0.3 is 19.9 Å². The van der Waals surface area contributed by atoms with Gasteiger partial charge in [-0.25, -0.2) is 0 Å². The van der Waals surface area contributed by atoms with E-state index in [9.17, 15) is 9.90 Å². The Balaban J connectivity index is 2.31. The van der Waals surface area contributed by atoms with E-state index in [4.69, 9.17) is 21.1 Å². The number of methoxy groups -OCH3 is 2. The molecular formula is C16H15BrClNO4. The number of amides is 1. The molecule has 0 aliphatic heterocycles. The first-order valence-corrected chi connectivity index (χ1v) is 7.82. The lowest BCUT2D eigenvalue weighted by Gasteiger charge is -2.17. The van der Waals surface area contributed by atoms with Gasteiger partial charge >= 0.3 is 0 Å². The molecule has 2 aromatic carbocycles. The number of carbonyl (C=O) groups excluding carboxylic acids is 1. The Kier molecular flexibility index (Phi) is 5.74. The lowest BCUT2D eigenvalue weighted by Crippen LogP contribution is -2.23. The van der Waals surface area contributed by atoms with Gasteiger partial charge in [-0.1, -0.05) is 29.8 Å². The molecule has 7 heteroatoms. The first-order chi connectivity index (χ1) is 11.0. The number of phenols is 1. The zero-order chi connectivity index (χ0) is 17.0. The van der Waals surface area contributed by atoms with E-state index in [1.165, 1.54) is 14.2 Å². The third kappa shape index (κ3) is 3.54. The number of hydrogen-bond acceptors (Lipinski definition) is 4. The maximum absolute atomic E-state index is 12.1. The van der Waals surface area contributed by atoms with Crippen molar-refractivity contribution in [3.63, 3.8) is 0 Å². The van der Waals surface area contributed by atoms with Gasteiger partial charge in [0.25, 0.3) is 5.91 Å². The zero-order valence-corrected chi connectivity index (χ0v) is 14.9. The summed E-state index contributed by atoms with van der Waals surface area (Å²) in [4.78, 5) is 12.1. The van der Waals surface area contributed by atoms with Crippen LogP contribution < -0.4 is 14.8 Å². The topological polar surface area (TPSA) is 67.8 Å². The van der Waals surface area contributed by atoms with Crippen LogP contribution in [0.1, 0.15) is 15.9 Å². The number of ether oxygens (including phenoxy) is 2. The van der Waals surface area contributed by atoms with Crippen LogP contribution in [0.3, 0.4) is 0 Å². The molecular weight excluding hydrogens is 386 g/mol. The highest BCUT2D eigenvalue weighted by Crippen LogP contribution is 2.48. The summed E-state index contributed by atoms with van der Waals surface area (Å²) in [6.45, 7) is 0.0467. The maximum atomic E-state index is 12.1. The fourth-order valence-electron chi connectivity index (χ4n) is 2.10. The molecule has 0 aliphatic carbocycles. The van der Waals surface area contributed by atoms with E-state index in [0.717, 1.165) is 0 Å². The zero-order valence-electron chi connectivity index (χ0n) is 12.5. The Bertz CT molecular complexity index is 722. The van der Waals surface area contributed by atoms with Crippen molar-refractivity contribution in [1.82, 2.24) is 5.32 Å². The number of benzene rings is 2. The number of aromatic hydroxyl groups is 1. The highest BCUT2D eigenvalue weighted by atomic mass is 79.9. The summed E-state index contributed by atoms with van der Waals surface area (Å²) < 4.78 is 10.7. The average Bonchev–Trinajstić information content (AvgIpc) is 2.57. The predicted molar refractivity (Wildman–Crippen MR) is 91.5 cm³/mol. The quantitative estimate of drug-likeness (QED) is 0.802. The van der Waals surface area contributed by atoms with Gasteiger partial charge in [-0.3, -0.25) is 4.79 Å². The summed E-state index contributed by atoms with van der Waals surface area (Å²) in [5.41, 5.74) is 0.874. The third-order valence-corrected chi connectivity index (χ3v) is 4.31. The molecule has 0 atom stereocenters. The van der Waals surface area contributed by atoms with E-state index in [2.05, 4.69) is 21.2 Å². The second-order valence-corrected chi connectivity index (χ2v) is 5.74. The van der Waals surface area contributed by atoms with Gasteiger partial charge in [-0.15, -0.1) is 0 Å². The number of carbonyl (C=O) groups is 1. The Labute approximate surface area is 147 Å². The molecule has 0 radical (unpaired) electrons. The van der Waals surface area contributed by atoms with Crippen molar-refractivity contribution >= 4 is 33.4 Å². The summed E-state index contributed by atoms with van der Waals surface area (Å²) in [5.74, 6) is 0.142. The smallest absolute Gasteiger partial charge is 0.251 e. The van der Waals surface area contributed by atoms with Crippen LogP contribution in [0.25, 0.3) is 0 Å². The predicted octanol–water partition coefficient (Wildman–Crippen LogP) is 3.76. The number of phenolic OH excluding ortho intramolecular Hbond substituents is 1. The molecule has 0 saturated carbocycles. The molecule has 0 saturated heterocycles. The Morgan fingerprint density at radius 1 is 1.22 bits per heavy atom. The van der Waals surface area contributed by atoms with Crippen LogP contribution in [0.2, 0.25) is 5.02 Å². The SMILES string of the molecule is COc1c(Cl)c(OC)c(CNC(=O)c2ccccc2)c(O)c1Br. The standard InChI is InChI=1S/C16H15BrClNO4/c1-22-14-10(13(20)11(17)15(23-2)12(14)18)8-19-16(21)9-6-4-3-5-7-9/h3-7,20H,8H2,1-2H3,(H,19,21). The Hall–Kier alpha value is -1.92. The summed E-state index contributed by atoms with van der Waals surface area (Å²) in [6.07, 6.45) is 0. The largest absolute Gasteiger partial charge is 0.506 e. The van der Waals surface area contributed by atoms with Crippen molar-refractivity contribution in [2.45, 2.75) is 6.54 Å². The van der Waals surface area contributed by atoms with Gasteiger partial charge in [-0.05, 0) is 28.1 Å². The van der Waals surface area contributed by atoms with Crippen LogP contribution in [0, 0.1) is 0 Å². The highest BCUT2D eigenvalue weighted by Gasteiger charge is 2.23. The van der Waals surface area contributed by atoms with Gasteiger partial charge in [0.15, 0.2) is 5.75 Å². The first kappa shape index (κ1) is 17.4. The molecule has 2 aromatic rings. The van der Waals surface area contributed by atoms with Gasteiger partial charge in [-0.2, -0.15) is 0 Å². The Morgan fingerprint density at radius 2 is 1.83 bits per heavy atom. The number of hydrogen-bond donors (Lipinski definition) is 2. The number of halogens is 2. The molecule has 0 aromatic heterocycles. The first-order valence-electron chi connectivity index (χ1n) is 6.65. The molecule has 0 spiro atoms. The van der Waals surface area contributed by atoms with Crippen molar-refractivity contribution in [2.24, 2.45) is 0 Å². The fraction of sp³-hybridized carbons (Fsp3) is 0.188. The lowest BCUT2D eigenvalue weighted by molar-refractivity contribution is 0.0950. The molecule has 0 aliphatic rings. The molecule has 0 bridgehead atoms. The van der Waals surface area contributed by atoms with E-state index >= 15 is 0 Å². The van der Waals surface area contributed by atoms with Crippen molar-refractivity contribution in [3.05, 3.63) is 51.0 Å². The molecule has 0 heterocycles. The number of nitrogens with one attached hydrogen (secondary N) is 1. The molecule has 1 amide bonds. The summed E-state index contributed by atoms with van der Waals surface area (Å²) in [6, 6.07) is 8.76. The van der Waals surface area contributed by atoms with Crippen LogP contribution in [-0.4, -0.2) is 25.2 Å². The average molecular weight is 401 g/mol. The normalized spacial score (nSPS) is 10.3. The van der Waals surface area contributed by atoms with Crippen molar-refractivity contribution in [1.29, 1.82) is 0 Å². The van der Waals surface area contributed by atoms with E-state index in [1.54, 1.807) is 24.3 Å². The van der Waals surface area contributed by atoms with Crippen molar-refractivity contribution in [2.75, 3.05) is 14.2 Å². The van der Waals surface area contributed by atoms with E-state index in [-0.39, 0.29) is 34.7 Å². The van der Waals surface area contributed by atoms with Crippen LogP contribution in [0.15, 0.2) is 34.8 Å². The molecule has 0 fully saturated rings. The van der Waals surface area contributed by atoms with Gasteiger partial charge in [0.2, 0.25) is 0 Å². The highest BCUT2D eigenvalue weighted by molar-refractivity contribution is 9.10. The summed E-state index contributed by atoms with van der Waals surface area (Å²) >= 11 is 9.45. The molecule has 23 heavy (non-hydrogen) atoms. The van der Waals surface area contributed by atoms with Crippen LogP contribution >= 0.6 is 27.5 Å². The molecule has 5 nitrogen and oxygen atoms in total. The molecule has 0 unspecified atom stereocenters. The second-order valence-electron chi connectivity index (χ2n) is 4.57. The van der Waals surface area contributed by atoms with E-state index in [0.29, 0.717) is 15.6 Å². The van der Waals surface area contributed by atoms with Gasteiger partial charge in [0, 0.05) is 5.56 Å². The fourth-order valence-corrected chi connectivity index (χ4v) is 3.17. The van der Waals surface area contributed by atoms with Crippen LogP contribution in [0.4, 0.5) is 0 Å². The van der Waals surface area contributed by atoms with Crippen LogP contribution in [0.5, 0.6) is 17.2 Å². The van der Waals surface area contributed by atoms with E-state index < -0.39 is 0 Å². The molecule has 122 valence electrons. The van der Waals surface area contributed by atoms with Crippen molar-refractivity contribution in [3.8, 4) is 17.2 Å². The van der Waals surface area contributed by atoms with Gasteiger partial charge in [0.1, 0.15) is 21.0 Å². The minimum Gasteiger partial charge on any atom is -0.506 e. The second kappa shape index (κ2) is 7.57. The minimum absolute atomic E-state index is 0.0467. The molecule has 2 N–H and O–H groups in total. The Morgan fingerprint density at radius 3 is 2.39 bits per heavy atom. The van der Waals surface area contributed by atoms with E-state index in [1.807, 2.05) is 6.07 Å². The molecule has 2 rings (SSSR count). The van der Waals surface area contributed by atoms with Crippen molar-refractivity contribution < 1.29 is 19.4 Å². The lowest BCUT2D eigenvalue weighted by atomic mass is 10.1. The summed E-state index contributed by atoms with van der Waals surface area (Å²) in [7, 11) is 2.86. The summed E-state index contributed by atoms with van der Waals surface area (Å²) in [5, 5.41) is 13.2. The van der Waals surface area contributed by atoms with Gasteiger partial charge in [0.05, 0.1) is 26.3 Å². The monoisotopic (exact) mass is 399 g/mol. The number of rotatable bonds is 5.